The van der Waals surface area contributed by atoms with Gasteiger partial charge >= 0.3 is 0 Å². The Bertz CT molecular complexity index is 988. The topological polar surface area (TPSA) is 53.5 Å². The highest BCUT2D eigenvalue weighted by Gasteiger charge is 2.21. The van der Waals surface area contributed by atoms with Crippen LogP contribution in [-0.2, 0) is 0 Å². The van der Waals surface area contributed by atoms with E-state index in [0.717, 1.165) is 49.1 Å². The number of anilines is 4. The van der Waals surface area contributed by atoms with Gasteiger partial charge in [0, 0.05) is 49.7 Å². The molecule has 0 atom stereocenters. The normalized spacial score (nSPS) is 14.0. The number of nitrogens with zero attached hydrogens (tertiary/aromatic N) is 4. The van der Waals surface area contributed by atoms with Crippen molar-refractivity contribution in [1.29, 1.82) is 0 Å². The third-order valence-electron chi connectivity index (χ3n) is 4.94. The number of methoxy groups -OCH3 is 1. The maximum atomic E-state index is 14.1. The van der Waals surface area contributed by atoms with Gasteiger partial charge in [0.15, 0.2) is 0 Å². The minimum atomic E-state index is -0.183. The molecule has 1 aromatic heterocycles. The van der Waals surface area contributed by atoms with Crippen LogP contribution in [0.4, 0.5) is 27.5 Å². The molecule has 0 unspecified atom stereocenters. The lowest BCUT2D eigenvalue weighted by atomic mass is 10.2. The van der Waals surface area contributed by atoms with E-state index in [4.69, 9.17) is 9.72 Å². The van der Waals surface area contributed by atoms with Gasteiger partial charge in [-0.3, -0.25) is 0 Å². The van der Waals surface area contributed by atoms with Gasteiger partial charge in [-0.05, 0) is 31.2 Å². The van der Waals surface area contributed by atoms with E-state index in [2.05, 4.69) is 20.1 Å². The van der Waals surface area contributed by atoms with Crippen LogP contribution in [0.25, 0.3) is 0 Å². The molecule has 2 heterocycles. The van der Waals surface area contributed by atoms with Gasteiger partial charge in [0.05, 0.1) is 12.8 Å². The van der Waals surface area contributed by atoms with E-state index in [0.29, 0.717) is 11.6 Å². The van der Waals surface area contributed by atoms with Gasteiger partial charge in [0.25, 0.3) is 0 Å². The maximum absolute atomic E-state index is 14.1. The third-order valence-corrected chi connectivity index (χ3v) is 4.94. The molecule has 0 spiro atoms. The summed E-state index contributed by atoms with van der Waals surface area (Å²) in [6.45, 7) is 4.86. The predicted octanol–water partition coefficient (Wildman–Crippen LogP) is 4.00. The monoisotopic (exact) mass is 393 g/mol. The van der Waals surface area contributed by atoms with E-state index < -0.39 is 0 Å². The van der Waals surface area contributed by atoms with Crippen LogP contribution in [0.3, 0.4) is 0 Å². The second-order valence-electron chi connectivity index (χ2n) is 6.98. The molecule has 1 aliphatic rings. The largest absolute Gasteiger partial charge is 0.497 e. The average molecular weight is 393 g/mol. The van der Waals surface area contributed by atoms with Crippen LogP contribution in [0.5, 0.6) is 5.75 Å². The van der Waals surface area contributed by atoms with Gasteiger partial charge in [0.1, 0.15) is 17.4 Å². The fourth-order valence-corrected chi connectivity index (χ4v) is 3.46. The first kappa shape index (κ1) is 19.0. The van der Waals surface area contributed by atoms with Crippen molar-refractivity contribution in [3.05, 3.63) is 66.1 Å². The number of benzene rings is 2. The summed E-state index contributed by atoms with van der Waals surface area (Å²) in [5.41, 5.74) is 2.44. The molecule has 0 radical (unpaired) electrons. The fourth-order valence-electron chi connectivity index (χ4n) is 3.46. The maximum Gasteiger partial charge on any atom is 0.227 e. The third kappa shape index (κ3) is 4.39. The predicted molar refractivity (Wildman–Crippen MR) is 114 cm³/mol. The highest BCUT2D eigenvalue weighted by atomic mass is 19.1. The molecule has 3 aromatic rings. The Hall–Kier alpha value is -3.35. The van der Waals surface area contributed by atoms with Crippen LogP contribution in [0.15, 0.2) is 54.6 Å². The van der Waals surface area contributed by atoms with Crippen molar-refractivity contribution in [1.82, 2.24) is 9.97 Å². The molecule has 0 saturated carbocycles. The van der Waals surface area contributed by atoms with Gasteiger partial charge in [-0.2, -0.15) is 4.98 Å². The summed E-state index contributed by atoms with van der Waals surface area (Å²) in [5, 5.41) is 3.32. The first-order chi connectivity index (χ1) is 14.1. The number of ether oxygens (including phenoxy) is 1. The molecule has 150 valence electrons. The Morgan fingerprint density at radius 1 is 0.931 bits per heavy atom. The zero-order valence-corrected chi connectivity index (χ0v) is 16.6. The molecule has 2 aromatic carbocycles. The van der Waals surface area contributed by atoms with Crippen molar-refractivity contribution < 1.29 is 9.13 Å². The Morgan fingerprint density at radius 3 is 2.45 bits per heavy atom. The van der Waals surface area contributed by atoms with Gasteiger partial charge in [0.2, 0.25) is 5.95 Å². The minimum absolute atomic E-state index is 0.183. The first-order valence-corrected chi connectivity index (χ1v) is 9.63. The number of hydrogen-bond acceptors (Lipinski definition) is 6. The summed E-state index contributed by atoms with van der Waals surface area (Å²) in [6, 6.07) is 16.5. The van der Waals surface area contributed by atoms with E-state index in [1.165, 1.54) is 6.07 Å². The van der Waals surface area contributed by atoms with Crippen LogP contribution in [0, 0.1) is 12.7 Å². The molecule has 0 aliphatic carbocycles. The van der Waals surface area contributed by atoms with Crippen molar-refractivity contribution >= 4 is 23.1 Å². The zero-order valence-electron chi connectivity index (χ0n) is 16.6. The first-order valence-electron chi connectivity index (χ1n) is 9.63. The highest BCUT2D eigenvalue weighted by molar-refractivity contribution is 5.60. The van der Waals surface area contributed by atoms with Crippen molar-refractivity contribution in [3.63, 3.8) is 0 Å². The number of aryl methyl sites for hydroxylation is 1. The second-order valence-corrected chi connectivity index (χ2v) is 6.98. The van der Waals surface area contributed by atoms with Crippen molar-refractivity contribution in [2.45, 2.75) is 6.92 Å². The quantitative estimate of drug-likeness (QED) is 0.707. The Labute approximate surface area is 170 Å². The van der Waals surface area contributed by atoms with Crippen LogP contribution >= 0.6 is 0 Å². The van der Waals surface area contributed by atoms with Crippen molar-refractivity contribution in [2.24, 2.45) is 0 Å². The molecule has 1 saturated heterocycles. The van der Waals surface area contributed by atoms with E-state index in [-0.39, 0.29) is 5.82 Å². The van der Waals surface area contributed by atoms with E-state index in [1.807, 2.05) is 49.4 Å². The van der Waals surface area contributed by atoms with E-state index in [9.17, 15) is 4.39 Å². The molecule has 1 N–H and O–H groups in total. The lowest BCUT2D eigenvalue weighted by Crippen LogP contribution is -2.47. The van der Waals surface area contributed by atoms with Crippen molar-refractivity contribution in [3.8, 4) is 5.75 Å². The van der Waals surface area contributed by atoms with Gasteiger partial charge < -0.3 is 19.9 Å². The molecule has 4 rings (SSSR count). The Balaban J connectivity index is 1.47. The number of halogens is 1. The summed E-state index contributed by atoms with van der Waals surface area (Å²) in [5.74, 6) is 2.02. The number of piperazine rings is 1. The number of hydrogen-bond donors (Lipinski definition) is 1. The smallest absolute Gasteiger partial charge is 0.227 e. The molecule has 0 bridgehead atoms. The molecule has 1 aliphatic heterocycles. The molecular formula is C22H24FN5O. The van der Waals surface area contributed by atoms with Crippen molar-refractivity contribution in [2.75, 3.05) is 48.4 Å². The summed E-state index contributed by atoms with van der Waals surface area (Å²) < 4.78 is 19.3. The summed E-state index contributed by atoms with van der Waals surface area (Å²) in [7, 11) is 1.65. The van der Waals surface area contributed by atoms with Crippen LogP contribution in [0.1, 0.15) is 5.69 Å². The van der Waals surface area contributed by atoms with Gasteiger partial charge in [-0.1, -0.05) is 18.2 Å². The number of rotatable bonds is 5. The average Bonchev–Trinajstić information content (AvgIpc) is 2.74. The molecular weight excluding hydrogens is 369 g/mol. The SMILES string of the molecule is COc1cccc(Nc2cc(C)nc(N3CCN(c4ccccc4F)CC3)n2)c1. The van der Waals surface area contributed by atoms with E-state index in [1.54, 1.807) is 13.2 Å². The van der Waals surface area contributed by atoms with Gasteiger partial charge in [-0.15, -0.1) is 0 Å². The second kappa shape index (κ2) is 8.34. The van der Waals surface area contributed by atoms with Gasteiger partial charge in [-0.25, -0.2) is 9.37 Å². The van der Waals surface area contributed by atoms with Crippen LogP contribution < -0.4 is 19.9 Å². The number of nitrogens with one attached hydrogen (secondary N) is 1. The summed E-state index contributed by atoms with van der Waals surface area (Å²) >= 11 is 0. The van der Waals surface area contributed by atoms with Crippen LogP contribution in [-0.4, -0.2) is 43.3 Å². The lowest BCUT2D eigenvalue weighted by molar-refractivity contribution is 0.415. The standard InChI is InChI=1S/C22H24FN5O/c1-16-14-21(25-17-6-5-7-18(15-17)29-2)26-22(24-16)28-12-10-27(11-13-28)20-9-4-3-8-19(20)23/h3-9,14-15H,10-13H2,1-2H3,(H,24,25,26). The highest BCUT2D eigenvalue weighted by Crippen LogP contribution is 2.24. The van der Waals surface area contributed by atoms with Crippen LogP contribution in [0.2, 0.25) is 0 Å². The molecule has 6 nitrogen and oxygen atoms in total. The summed E-state index contributed by atoms with van der Waals surface area (Å²) in [4.78, 5) is 13.5. The van der Waals surface area contributed by atoms with E-state index >= 15 is 0 Å². The number of para-hydroxylation sites is 1. The Kier molecular flexibility index (Phi) is 5.46. The fraction of sp³-hybridized carbons (Fsp3) is 0.273. The zero-order chi connectivity index (χ0) is 20.2. The molecule has 7 heteroatoms. The lowest BCUT2D eigenvalue weighted by Gasteiger charge is -2.36. The molecule has 0 amide bonds. The molecule has 1 fully saturated rings. The Morgan fingerprint density at radius 2 is 1.69 bits per heavy atom. The number of aromatic nitrogens is 2. The molecule has 29 heavy (non-hydrogen) atoms. The minimum Gasteiger partial charge on any atom is -0.497 e. The summed E-state index contributed by atoms with van der Waals surface area (Å²) in [6.07, 6.45) is 0.